The maximum atomic E-state index is 12.0. The van der Waals surface area contributed by atoms with Gasteiger partial charge in [0.25, 0.3) is 0 Å². The molecule has 2 aromatic rings. The van der Waals surface area contributed by atoms with E-state index in [1.54, 1.807) is 18.2 Å². The highest BCUT2D eigenvalue weighted by molar-refractivity contribution is 7.92. The van der Waals surface area contributed by atoms with E-state index in [1.807, 2.05) is 36.4 Å². The van der Waals surface area contributed by atoms with Crippen molar-refractivity contribution in [2.75, 3.05) is 23.7 Å². The van der Waals surface area contributed by atoms with Gasteiger partial charge in [0.15, 0.2) is 0 Å². The molecular weight excluding hydrogens is 350 g/mol. The summed E-state index contributed by atoms with van der Waals surface area (Å²) in [5.74, 6) is -0.131. The lowest BCUT2D eigenvalue weighted by atomic mass is 10.1. The second-order valence-corrected chi connectivity index (χ2v) is 7.74. The number of benzene rings is 2. The van der Waals surface area contributed by atoms with Crippen LogP contribution in [-0.4, -0.2) is 33.7 Å². The molecule has 1 amide bonds. The van der Waals surface area contributed by atoms with E-state index in [0.717, 1.165) is 11.8 Å². The Kier molecular flexibility index (Phi) is 6.75. The maximum Gasteiger partial charge on any atom is 0.232 e. The molecule has 0 heterocycles. The summed E-state index contributed by atoms with van der Waals surface area (Å²) in [6.07, 6.45) is 2.07. The molecule has 0 saturated carbocycles. The van der Waals surface area contributed by atoms with Gasteiger partial charge in [-0.15, -0.1) is 0 Å². The summed E-state index contributed by atoms with van der Waals surface area (Å²) in [4.78, 5) is 12.0. The number of nitriles is 1. The number of aryl methyl sites for hydroxylation is 1. The predicted octanol–water partition coefficient (Wildman–Crippen LogP) is 2.07. The van der Waals surface area contributed by atoms with Crippen LogP contribution in [-0.2, 0) is 21.2 Å². The molecule has 26 heavy (non-hydrogen) atoms. The van der Waals surface area contributed by atoms with Gasteiger partial charge in [-0.3, -0.25) is 9.10 Å². The van der Waals surface area contributed by atoms with Crippen molar-refractivity contribution in [3.63, 3.8) is 0 Å². The summed E-state index contributed by atoms with van der Waals surface area (Å²) in [5.41, 5.74) is 1.86. The SMILES string of the molecule is CS(=O)(=O)N(CCNC(=O)CCc1ccccc1)c1cccc(C#N)c1. The van der Waals surface area contributed by atoms with Crippen LogP contribution in [0, 0.1) is 11.3 Å². The van der Waals surface area contributed by atoms with E-state index in [9.17, 15) is 13.2 Å². The van der Waals surface area contributed by atoms with E-state index in [4.69, 9.17) is 5.26 Å². The van der Waals surface area contributed by atoms with Crippen LogP contribution >= 0.6 is 0 Å². The Labute approximate surface area is 154 Å². The largest absolute Gasteiger partial charge is 0.354 e. The summed E-state index contributed by atoms with van der Waals surface area (Å²) in [6, 6.07) is 18.0. The van der Waals surface area contributed by atoms with Crippen LogP contribution in [0.2, 0.25) is 0 Å². The van der Waals surface area contributed by atoms with Crippen LogP contribution in [0.1, 0.15) is 17.5 Å². The minimum atomic E-state index is -3.52. The average Bonchev–Trinajstić information content (AvgIpc) is 2.63. The van der Waals surface area contributed by atoms with Crippen LogP contribution in [0.3, 0.4) is 0 Å². The van der Waals surface area contributed by atoms with E-state index in [1.165, 1.54) is 10.4 Å². The minimum Gasteiger partial charge on any atom is -0.354 e. The van der Waals surface area contributed by atoms with Crippen molar-refractivity contribution in [3.8, 4) is 6.07 Å². The fraction of sp³-hybridized carbons (Fsp3) is 0.263. The molecule has 2 rings (SSSR count). The Bertz CT molecular complexity index is 890. The van der Waals surface area contributed by atoms with Crippen LogP contribution in [0.15, 0.2) is 54.6 Å². The molecule has 1 N–H and O–H groups in total. The summed E-state index contributed by atoms with van der Waals surface area (Å²) < 4.78 is 25.3. The van der Waals surface area contributed by atoms with Gasteiger partial charge < -0.3 is 5.32 Å². The topological polar surface area (TPSA) is 90.3 Å². The van der Waals surface area contributed by atoms with Gasteiger partial charge >= 0.3 is 0 Å². The molecule has 0 unspecified atom stereocenters. The first kappa shape index (κ1) is 19.5. The normalized spacial score (nSPS) is 10.8. The number of rotatable bonds is 8. The smallest absolute Gasteiger partial charge is 0.232 e. The first-order chi connectivity index (χ1) is 12.4. The lowest BCUT2D eigenvalue weighted by molar-refractivity contribution is -0.120. The fourth-order valence-electron chi connectivity index (χ4n) is 2.50. The lowest BCUT2D eigenvalue weighted by Gasteiger charge is -2.22. The second kappa shape index (κ2) is 9.02. The van der Waals surface area contributed by atoms with E-state index >= 15 is 0 Å². The van der Waals surface area contributed by atoms with Crippen molar-refractivity contribution >= 4 is 21.6 Å². The van der Waals surface area contributed by atoms with Crippen molar-refractivity contribution in [2.24, 2.45) is 0 Å². The molecule has 0 atom stereocenters. The van der Waals surface area contributed by atoms with Gasteiger partial charge in [-0.05, 0) is 30.2 Å². The number of carbonyl (C=O) groups is 1. The standard InChI is InChI=1S/C19H21N3O3S/c1-26(24,25)22(18-9-5-8-17(14-18)15-20)13-12-21-19(23)11-10-16-6-3-2-4-7-16/h2-9,14H,10-13H2,1H3,(H,21,23). The summed E-state index contributed by atoms with van der Waals surface area (Å²) in [7, 11) is -3.52. The third-order valence-electron chi connectivity index (χ3n) is 3.78. The quantitative estimate of drug-likeness (QED) is 0.769. The summed E-state index contributed by atoms with van der Waals surface area (Å²) in [6.45, 7) is 0.294. The molecule has 0 aliphatic rings. The van der Waals surface area contributed by atoms with Crippen molar-refractivity contribution in [3.05, 3.63) is 65.7 Å². The fourth-order valence-corrected chi connectivity index (χ4v) is 3.42. The maximum absolute atomic E-state index is 12.0. The first-order valence-electron chi connectivity index (χ1n) is 8.18. The number of anilines is 1. The Balaban J connectivity index is 1.91. The van der Waals surface area contributed by atoms with Crippen molar-refractivity contribution in [1.82, 2.24) is 5.32 Å². The highest BCUT2D eigenvalue weighted by Gasteiger charge is 2.17. The molecular formula is C19H21N3O3S. The molecule has 136 valence electrons. The Morgan fingerprint density at radius 3 is 2.54 bits per heavy atom. The number of hydrogen-bond donors (Lipinski definition) is 1. The lowest BCUT2D eigenvalue weighted by Crippen LogP contribution is -2.38. The van der Waals surface area contributed by atoms with Gasteiger partial charge in [-0.2, -0.15) is 5.26 Å². The number of nitrogens with one attached hydrogen (secondary N) is 1. The third kappa shape index (κ3) is 5.90. The van der Waals surface area contributed by atoms with E-state index in [-0.39, 0.29) is 19.0 Å². The third-order valence-corrected chi connectivity index (χ3v) is 4.98. The van der Waals surface area contributed by atoms with Gasteiger partial charge in [0.05, 0.1) is 30.1 Å². The number of hydrogen-bond acceptors (Lipinski definition) is 4. The molecule has 7 heteroatoms. The molecule has 0 fully saturated rings. The summed E-state index contributed by atoms with van der Waals surface area (Å²) >= 11 is 0. The van der Waals surface area contributed by atoms with E-state index < -0.39 is 10.0 Å². The van der Waals surface area contributed by atoms with Crippen LogP contribution < -0.4 is 9.62 Å². The molecule has 0 radical (unpaired) electrons. The zero-order chi connectivity index (χ0) is 19.0. The highest BCUT2D eigenvalue weighted by atomic mass is 32.2. The summed E-state index contributed by atoms with van der Waals surface area (Å²) in [5, 5.41) is 11.7. The zero-order valence-corrected chi connectivity index (χ0v) is 15.4. The van der Waals surface area contributed by atoms with Gasteiger partial charge in [-0.25, -0.2) is 8.42 Å². The molecule has 2 aromatic carbocycles. The van der Waals surface area contributed by atoms with Gasteiger partial charge in [-0.1, -0.05) is 36.4 Å². The number of carbonyl (C=O) groups excluding carboxylic acids is 1. The molecule has 0 aliphatic carbocycles. The van der Waals surface area contributed by atoms with Crippen LogP contribution in [0.25, 0.3) is 0 Å². The molecule has 0 saturated heterocycles. The van der Waals surface area contributed by atoms with Crippen LogP contribution in [0.4, 0.5) is 5.69 Å². The first-order valence-corrected chi connectivity index (χ1v) is 10.0. The van der Waals surface area contributed by atoms with Gasteiger partial charge in [0.1, 0.15) is 0 Å². The van der Waals surface area contributed by atoms with Gasteiger partial charge in [0.2, 0.25) is 15.9 Å². The van der Waals surface area contributed by atoms with Crippen LogP contribution in [0.5, 0.6) is 0 Å². The monoisotopic (exact) mass is 371 g/mol. The number of nitrogens with zero attached hydrogens (tertiary/aromatic N) is 2. The molecule has 0 bridgehead atoms. The molecule has 0 aromatic heterocycles. The average molecular weight is 371 g/mol. The second-order valence-electron chi connectivity index (χ2n) is 5.83. The number of amides is 1. The Morgan fingerprint density at radius 2 is 1.88 bits per heavy atom. The van der Waals surface area contributed by atoms with Crippen molar-refractivity contribution in [1.29, 1.82) is 5.26 Å². The molecule has 0 aliphatic heterocycles. The predicted molar refractivity (Wildman–Crippen MR) is 101 cm³/mol. The highest BCUT2D eigenvalue weighted by Crippen LogP contribution is 2.18. The number of sulfonamides is 1. The zero-order valence-electron chi connectivity index (χ0n) is 14.6. The van der Waals surface area contributed by atoms with Crippen molar-refractivity contribution in [2.45, 2.75) is 12.8 Å². The van der Waals surface area contributed by atoms with Gasteiger partial charge in [0, 0.05) is 13.0 Å². The van der Waals surface area contributed by atoms with E-state index in [2.05, 4.69) is 5.32 Å². The minimum absolute atomic E-state index is 0.102. The molecule has 0 spiro atoms. The molecule has 6 nitrogen and oxygen atoms in total. The van der Waals surface area contributed by atoms with E-state index in [0.29, 0.717) is 24.1 Å². The Hall–Kier alpha value is -2.85. The Morgan fingerprint density at radius 1 is 1.15 bits per heavy atom. The van der Waals surface area contributed by atoms with Crippen molar-refractivity contribution < 1.29 is 13.2 Å².